The van der Waals surface area contributed by atoms with Gasteiger partial charge in [0.1, 0.15) is 5.75 Å². The Morgan fingerprint density at radius 2 is 2.05 bits per heavy atom. The average molecular weight is 288 g/mol. The van der Waals surface area contributed by atoms with Crippen molar-refractivity contribution in [2.45, 2.75) is 45.7 Å². The first-order chi connectivity index (χ1) is 9.90. The number of nitrogens with two attached hydrogens (primary N) is 1. The van der Waals surface area contributed by atoms with Crippen molar-refractivity contribution in [1.82, 2.24) is 4.57 Å². The fourth-order valence-corrected chi connectivity index (χ4v) is 2.25. The molecular formula is C17H24N2O2. The first-order valence-corrected chi connectivity index (χ1v) is 7.45. The second-order valence-corrected chi connectivity index (χ2v) is 6.19. The van der Waals surface area contributed by atoms with Gasteiger partial charge in [0.15, 0.2) is 0 Å². The van der Waals surface area contributed by atoms with Crippen LogP contribution in [0.3, 0.4) is 0 Å². The van der Waals surface area contributed by atoms with Crippen molar-refractivity contribution < 1.29 is 4.74 Å². The van der Waals surface area contributed by atoms with Gasteiger partial charge in [-0.15, -0.1) is 0 Å². The number of benzene rings is 1. The van der Waals surface area contributed by atoms with Crippen molar-refractivity contribution in [3.8, 4) is 5.75 Å². The smallest absolute Gasteiger partial charge is 0.258 e. The molecule has 114 valence electrons. The van der Waals surface area contributed by atoms with Crippen LogP contribution in [0.5, 0.6) is 5.75 Å². The minimum Gasteiger partial charge on any atom is -0.494 e. The van der Waals surface area contributed by atoms with Gasteiger partial charge < -0.3 is 15.0 Å². The molecule has 1 aromatic carbocycles. The van der Waals surface area contributed by atoms with Gasteiger partial charge in [0.2, 0.25) is 0 Å². The second kappa shape index (κ2) is 6.31. The Balaban J connectivity index is 2.30. The van der Waals surface area contributed by atoms with E-state index in [2.05, 4.69) is 6.92 Å². The predicted octanol–water partition coefficient (Wildman–Crippen LogP) is 2.92. The molecule has 0 aliphatic rings. The maximum atomic E-state index is 12.4. The van der Waals surface area contributed by atoms with E-state index >= 15 is 0 Å². The Hall–Kier alpha value is -1.81. The lowest BCUT2D eigenvalue weighted by molar-refractivity contribution is 0.310. The Labute approximate surface area is 125 Å². The van der Waals surface area contributed by atoms with Gasteiger partial charge in [-0.1, -0.05) is 13.3 Å². The van der Waals surface area contributed by atoms with Gasteiger partial charge in [-0.3, -0.25) is 4.79 Å². The number of hydrogen-bond acceptors (Lipinski definition) is 3. The number of hydrogen-bond donors (Lipinski definition) is 1. The largest absolute Gasteiger partial charge is 0.494 e. The van der Waals surface area contributed by atoms with Crippen LogP contribution in [0.4, 0.5) is 0 Å². The van der Waals surface area contributed by atoms with Crippen LogP contribution < -0.4 is 16.0 Å². The van der Waals surface area contributed by atoms with E-state index in [1.807, 2.05) is 38.1 Å². The highest BCUT2D eigenvalue weighted by molar-refractivity contribution is 5.82. The number of fused-ring (bicyclic) bond motifs is 1. The summed E-state index contributed by atoms with van der Waals surface area (Å²) in [6.45, 7) is 7.16. The molecule has 0 saturated carbocycles. The second-order valence-electron chi connectivity index (χ2n) is 6.19. The number of nitrogens with zero attached hydrogens (tertiary/aromatic N) is 1. The van der Waals surface area contributed by atoms with Crippen LogP contribution >= 0.6 is 0 Å². The maximum Gasteiger partial charge on any atom is 0.258 e. The van der Waals surface area contributed by atoms with Crippen LogP contribution in [0.25, 0.3) is 10.8 Å². The van der Waals surface area contributed by atoms with E-state index in [1.165, 1.54) is 0 Å². The zero-order valence-corrected chi connectivity index (χ0v) is 13.1. The van der Waals surface area contributed by atoms with Gasteiger partial charge in [-0.05, 0) is 49.9 Å². The predicted molar refractivity (Wildman–Crippen MR) is 86.9 cm³/mol. The van der Waals surface area contributed by atoms with Gasteiger partial charge in [0, 0.05) is 23.7 Å². The van der Waals surface area contributed by atoms with Crippen LogP contribution in [0.15, 0.2) is 35.3 Å². The first kappa shape index (κ1) is 15.6. The lowest BCUT2D eigenvalue weighted by atomic mass is 10.1. The van der Waals surface area contributed by atoms with Crippen LogP contribution in [0.1, 0.15) is 33.6 Å². The summed E-state index contributed by atoms with van der Waals surface area (Å²) in [5.41, 5.74) is 5.57. The first-order valence-electron chi connectivity index (χ1n) is 7.45. The summed E-state index contributed by atoms with van der Waals surface area (Å²) in [4.78, 5) is 12.4. The van der Waals surface area contributed by atoms with Crippen molar-refractivity contribution in [2.75, 3.05) is 6.61 Å². The molecule has 0 atom stereocenters. The maximum absolute atomic E-state index is 12.4. The summed E-state index contributed by atoms with van der Waals surface area (Å²) in [5, 5.41) is 1.60. The van der Waals surface area contributed by atoms with Crippen molar-refractivity contribution in [2.24, 2.45) is 5.73 Å². The summed E-state index contributed by atoms with van der Waals surface area (Å²) >= 11 is 0. The molecule has 0 bridgehead atoms. The molecule has 0 aliphatic heterocycles. The van der Waals surface area contributed by atoms with Crippen LogP contribution in [-0.2, 0) is 6.54 Å². The van der Waals surface area contributed by atoms with Crippen molar-refractivity contribution in [1.29, 1.82) is 0 Å². The number of rotatable bonds is 6. The molecule has 0 radical (unpaired) electrons. The number of aromatic nitrogens is 1. The van der Waals surface area contributed by atoms with Crippen molar-refractivity contribution >= 4 is 10.8 Å². The zero-order valence-electron chi connectivity index (χ0n) is 13.1. The number of ether oxygens (including phenoxy) is 1. The molecule has 0 aliphatic carbocycles. The molecule has 4 heteroatoms. The summed E-state index contributed by atoms with van der Waals surface area (Å²) < 4.78 is 7.34. The molecule has 21 heavy (non-hydrogen) atoms. The highest BCUT2D eigenvalue weighted by Gasteiger charge is 2.13. The zero-order chi connectivity index (χ0) is 15.5. The van der Waals surface area contributed by atoms with Gasteiger partial charge in [0.05, 0.1) is 6.61 Å². The molecule has 0 spiro atoms. The highest BCUT2D eigenvalue weighted by Crippen LogP contribution is 2.19. The SMILES string of the molecule is CCCCOc1ccc2c(=O)n(CC(C)(C)N)ccc2c1. The topological polar surface area (TPSA) is 57.2 Å². The fourth-order valence-electron chi connectivity index (χ4n) is 2.25. The lowest BCUT2D eigenvalue weighted by Crippen LogP contribution is -2.40. The van der Waals surface area contributed by atoms with E-state index in [1.54, 1.807) is 10.8 Å². The fraction of sp³-hybridized carbons (Fsp3) is 0.471. The molecule has 1 aromatic heterocycles. The Morgan fingerprint density at radius 1 is 1.29 bits per heavy atom. The van der Waals surface area contributed by atoms with Gasteiger partial charge in [-0.2, -0.15) is 0 Å². The minimum atomic E-state index is -0.416. The van der Waals surface area contributed by atoms with E-state index in [9.17, 15) is 4.79 Å². The minimum absolute atomic E-state index is 0.00821. The number of unbranched alkanes of at least 4 members (excludes halogenated alkanes) is 1. The summed E-state index contributed by atoms with van der Waals surface area (Å²) in [6, 6.07) is 7.55. The molecule has 4 nitrogen and oxygen atoms in total. The van der Waals surface area contributed by atoms with Crippen LogP contribution in [-0.4, -0.2) is 16.7 Å². The van der Waals surface area contributed by atoms with Gasteiger partial charge in [0.25, 0.3) is 5.56 Å². The third-order valence-corrected chi connectivity index (χ3v) is 3.29. The van der Waals surface area contributed by atoms with Crippen molar-refractivity contribution in [3.05, 3.63) is 40.8 Å². The quantitative estimate of drug-likeness (QED) is 0.831. The standard InChI is InChI=1S/C17H24N2O2/c1-4-5-10-21-14-6-7-15-13(11-14)8-9-19(16(15)20)12-17(2,3)18/h6-9,11H,4-5,10,12,18H2,1-3H3. The molecule has 2 N–H and O–H groups in total. The van der Waals surface area contributed by atoms with Crippen LogP contribution in [0.2, 0.25) is 0 Å². The molecular weight excluding hydrogens is 264 g/mol. The third kappa shape index (κ3) is 4.08. The normalized spacial score (nSPS) is 11.8. The summed E-state index contributed by atoms with van der Waals surface area (Å²) in [5.74, 6) is 0.812. The van der Waals surface area contributed by atoms with E-state index in [0.717, 1.165) is 24.0 Å². The lowest BCUT2D eigenvalue weighted by Gasteiger charge is -2.20. The molecule has 1 heterocycles. The molecule has 2 aromatic rings. The van der Waals surface area contributed by atoms with E-state index in [-0.39, 0.29) is 5.56 Å². The van der Waals surface area contributed by atoms with Crippen molar-refractivity contribution in [3.63, 3.8) is 0 Å². The van der Waals surface area contributed by atoms with E-state index < -0.39 is 5.54 Å². The van der Waals surface area contributed by atoms with Gasteiger partial charge >= 0.3 is 0 Å². The van der Waals surface area contributed by atoms with E-state index in [0.29, 0.717) is 18.5 Å². The van der Waals surface area contributed by atoms with Crippen LogP contribution in [0, 0.1) is 0 Å². The molecule has 0 unspecified atom stereocenters. The summed E-state index contributed by atoms with van der Waals surface area (Å²) in [7, 11) is 0. The van der Waals surface area contributed by atoms with Gasteiger partial charge in [-0.25, -0.2) is 0 Å². The number of pyridine rings is 1. The highest BCUT2D eigenvalue weighted by atomic mass is 16.5. The Kier molecular flexibility index (Phi) is 4.68. The third-order valence-electron chi connectivity index (χ3n) is 3.29. The average Bonchev–Trinajstić information content (AvgIpc) is 2.41. The Bertz CT molecular complexity index is 669. The van der Waals surface area contributed by atoms with E-state index in [4.69, 9.17) is 10.5 Å². The molecule has 2 rings (SSSR count). The Morgan fingerprint density at radius 3 is 2.71 bits per heavy atom. The molecule has 0 fully saturated rings. The molecule has 0 saturated heterocycles. The summed E-state index contributed by atoms with van der Waals surface area (Å²) in [6.07, 6.45) is 3.94. The molecule has 0 amide bonds. The monoisotopic (exact) mass is 288 g/mol.